The first-order valence-corrected chi connectivity index (χ1v) is 5.34. The first kappa shape index (κ1) is 13.3. The molecule has 0 atom stereocenters. The molecule has 2 N–H and O–H groups in total. The highest BCUT2D eigenvalue weighted by atomic mass is 35.5. The molecule has 5 nitrogen and oxygen atoms in total. The molecule has 2 rings (SSSR count). The summed E-state index contributed by atoms with van der Waals surface area (Å²) >= 11 is 5.54. The average Bonchev–Trinajstić information content (AvgIpc) is 2.82. The van der Waals surface area contributed by atoms with Crippen molar-refractivity contribution in [2.75, 3.05) is 7.11 Å². The Bertz CT molecular complexity index is 658. The molecule has 1 aromatic carbocycles. The van der Waals surface area contributed by atoms with E-state index in [4.69, 9.17) is 21.4 Å². The summed E-state index contributed by atoms with van der Waals surface area (Å²) < 4.78 is 32.3. The number of H-pyrrole nitrogens is 1. The molecule has 1 heterocycles. The van der Waals surface area contributed by atoms with E-state index >= 15 is 0 Å². The van der Waals surface area contributed by atoms with Gasteiger partial charge in [-0.2, -0.15) is 5.10 Å². The van der Waals surface area contributed by atoms with Gasteiger partial charge in [-0.1, -0.05) is 11.6 Å². The van der Waals surface area contributed by atoms with Crippen LogP contribution in [0, 0.1) is 11.6 Å². The standard InChI is InChI=1S/C11H7ClF2N2O3/c1-19-10-5(13)2-4(12)9(14)8(10)6-3-7(11(17)18)16-15-6/h2-3H,1H3,(H,15,16)(H,17,18). The zero-order valence-electron chi connectivity index (χ0n) is 9.50. The van der Waals surface area contributed by atoms with E-state index in [-0.39, 0.29) is 17.0 Å². The Morgan fingerprint density at radius 1 is 1.47 bits per heavy atom. The maximum Gasteiger partial charge on any atom is 0.353 e. The summed E-state index contributed by atoms with van der Waals surface area (Å²) in [6.45, 7) is 0. The van der Waals surface area contributed by atoms with Gasteiger partial charge < -0.3 is 9.84 Å². The number of nitrogens with zero attached hydrogens (tertiary/aromatic N) is 1. The molecular formula is C11H7ClF2N2O3. The van der Waals surface area contributed by atoms with E-state index in [9.17, 15) is 13.6 Å². The molecule has 0 radical (unpaired) electrons. The van der Waals surface area contributed by atoms with Crippen molar-refractivity contribution in [3.63, 3.8) is 0 Å². The number of carboxylic acid groups (broad SMARTS) is 1. The molecule has 0 spiro atoms. The van der Waals surface area contributed by atoms with Gasteiger partial charge in [0.25, 0.3) is 0 Å². The van der Waals surface area contributed by atoms with Gasteiger partial charge in [-0.15, -0.1) is 0 Å². The lowest BCUT2D eigenvalue weighted by Crippen LogP contribution is -1.97. The third kappa shape index (κ3) is 2.24. The molecule has 8 heteroatoms. The van der Waals surface area contributed by atoms with E-state index in [1.807, 2.05) is 0 Å². The molecule has 19 heavy (non-hydrogen) atoms. The molecule has 1 aromatic heterocycles. The predicted octanol–water partition coefficient (Wildman–Crippen LogP) is 2.72. The fourth-order valence-electron chi connectivity index (χ4n) is 1.57. The van der Waals surface area contributed by atoms with Crippen LogP contribution in [0.5, 0.6) is 5.75 Å². The quantitative estimate of drug-likeness (QED) is 0.852. The van der Waals surface area contributed by atoms with Crippen LogP contribution in [0.4, 0.5) is 8.78 Å². The summed E-state index contributed by atoms with van der Waals surface area (Å²) in [5.41, 5.74) is -0.721. The van der Waals surface area contributed by atoms with E-state index in [1.165, 1.54) is 0 Å². The zero-order chi connectivity index (χ0) is 14.2. The van der Waals surface area contributed by atoms with Gasteiger partial charge in [0.15, 0.2) is 17.4 Å². The molecule has 0 aliphatic heterocycles. The van der Waals surface area contributed by atoms with E-state index in [2.05, 4.69) is 10.2 Å². The summed E-state index contributed by atoms with van der Waals surface area (Å²) in [4.78, 5) is 10.7. The van der Waals surface area contributed by atoms with Crippen LogP contribution in [-0.2, 0) is 0 Å². The van der Waals surface area contributed by atoms with Crippen molar-refractivity contribution in [3.05, 3.63) is 34.5 Å². The summed E-state index contributed by atoms with van der Waals surface area (Å²) in [5, 5.41) is 14.1. The molecule has 0 aliphatic rings. The van der Waals surface area contributed by atoms with Gasteiger partial charge >= 0.3 is 5.97 Å². The highest BCUT2D eigenvalue weighted by Crippen LogP contribution is 2.37. The number of methoxy groups -OCH3 is 1. The molecule has 0 fully saturated rings. The Morgan fingerprint density at radius 2 is 2.16 bits per heavy atom. The van der Waals surface area contributed by atoms with E-state index in [0.717, 1.165) is 19.2 Å². The zero-order valence-corrected chi connectivity index (χ0v) is 10.3. The average molecular weight is 289 g/mol. The van der Waals surface area contributed by atoms with Crippen LogP contribution in [0.1, 0.15) is 10.5 Å². The molecule has 0 aliphatic carbocycles. The van der Waals surface area contributed by atoms with Crippen molar-refractivity contribution in [2.24, 2.45) is 0 Å². The molecule has 0 unspecified atom stereocenters. The van der Waals surface area contributed by atoms with Crippen LogP contribution in [0.25, 0.3) is 11.3 Å². The van der Waals surface area contributed by atoms with Crippen molar-refractivity contribution in [3.8, 4) is 17.0 Å². The lowest BCUT2D eigenvalue weighted by Gasteiger charge is -2.09. The van der Waals surface area contributed by atoms with Crippen molar-refractivity contribution in [1.82, 2.24) is 10.2 Å². The van der Waals surface area contributed by atoms with Gasteiger partial charge in [-0.05, 0) is 12.1 Å². The van der Waals surface area contributed by atoms with E-state index < -0.39 is 28.4 Å². The number of ether oxygens (including phenoxy) is 1. The van der Waals surface area contributed by atoms with Crippen molar-refractivity contribution >= 4 is 17.6 Å². The number of nitrogens with one attached hydrogen (secondary N) is 1. The molecule has 2 aromatic rings. The number of benzene rings is 1. The van der Waals surface area contributed by atoms with Crippen LogP contribution in [-0.4, -0.2) is 28.4 Å². The monoisotopic (exact) mass is 288 g/mol. The number of halogens is 3. The number of hydrogen-bond acceptors (Lipinski definition) is 3. The summed E-state index contributed by atoms with van der Waals surface area (Å²) in [7, 11) is 1.15. The maximum absolute atomic E-state index is 13.9. The second kappa shape index (κ2) is 4.85. The topological polar surface area (TPSA) is 75.2 Å². The van der Waals surface area contributed by atoms with Crippen molar-refractivity contribution in [1.29, 1.82) is 0 Å². The third-order valence-electron chi connectivity index (χ3n) is 2.40. The fourth-order valence-corrected chi connectivity index (χ4v) is 1.76. The van der Waals surface area contributed by atoms with E-state index in [0.29, 0.717) is 0 Å². The Balaban J connectivity index is 2.69. The highest BCUT2D eigenvalue weighted by Gasteiger charge is 2.23. The number of hydrogen-bond donors (Lipinski definition) is 2. The minimum atomic E-state index is -1.28. The molecule has 0 bridgehead atoms. The minimum absolute atomic E-state index is 0.117. The highest BCUT2D eigenvalue weighted by molar-refractivity contribution is 6.31. The molecule has 100 valence electrons. The summed E-state index contributed by atoms with van der Waals surface area (Å²) in [5.74, 6) is -3.49. The van der Waals surface area contributed by atoms with Crippen molar-refractivity contribution < 1.29 is 23.4 Å². The first-order chi connectivity index (χ1) is 8.95. The van der Waals surface area contributed by atoms with Crippen LogP contribution in [0.3, 0.4) is 0 Å². The van der Waals surface area contributed by atoms with Gasteiger partial charge in [0.1, 0.15) is 5.69 Å². The van der Waals surface area contributed by atoms with Gasteiger partial charge in [-0.3, -0.25) is 5.10 Å². The Kier molecular flexibility index (Phi) is 3.39. The lowest BCUT2D eigenvalue weighted by molar-refractivity contribution is 0.0690. The fraction of sp³-hybridized carbons (Fsp3) is 0.0909. The largest absolute Gasteiger partial charge is 0.493 e. The Labute approximate surface area is 110 Å². The van der Waals surface area contributed by atoms with Crippen molar-refractivity contribution in [2.45, 2.75) is 0 Å². The summed E-state index contributed by atoms with van der Waals surface area (Å²) in [6.07, 6.45) is 0. The number of carboxylic acids is 1. The number of rotatable bonds is 3. The smallest absolute Gasteiger partial charge is 0.353 e. The third-order valence-corrected chi connectivity index (χ3v) is 2.67. The number of carbonyl (C=O) groups is 1. The predicted molar refractivity (Wildman–Crippen MR) is 62.5 cm³/mol. The normalized spacial score (nSPS) is 10.5. The van der Waals surface area contributed by atoms with Gasteiger partial charge in [0.2, 0.25) is 0 Å². The van der Waals surface area contributed by atoms with Crippen LogP contribution in [0.2, 0.25) is 5.02 Å². The number of aromatic carboxylic acids is 1. The number of aromatic amines is 1. The second-order valence-corrected chi connectivity index (χ2v) is 3.94. The molecular weight excluding hydrogens is 282 g/mol. The van der Waals surface area contributed by atoms with Crippen LogP contribution >= 0.6 is 11.6 Å². The lowest BCUT2D eigenvalue weighted by atomic mass is 10.1. The van der Waals surface area contributed by atoms with Crippen LogP contribution < -0.4 is 4.74 Å². The Morgan fingerprint density at radius 3 is 2.68 bits per heavy atom. The molecule has 0 amide bonds. The minimum Gasteiger partial charge on any atom is -0.493 e. The van der Waals surface area contributed by atoms with Gasteiger partial charge in [0.05, 0.1) is 23.4 Å². The van der Waals surface area contributed by atoms with E-state index in [1.54, 1.807) is 0 Å². The number of aromatic nitrogens is 2. The molecule has 0 saturated carbocycles. The van der Waals surface area contributed by atoms with Crippen LogP contribution in [0.15, 0.2) is 12.1 Å². The summed E-state index contributed by atoms with van der Waals surface area (Å²) in [6, 6.07) is 1.82. The first-order valence-electron chi connectivity index (χ1n) is 4.96. The second-order valence-electron chi connectivity index (χ2n) is 3.53. The van der Waals surface area contributed by atoms with Gasteiger partial charge in [-0.25, -0.2) is 13.6 Å². The SMILES string of the molecule is COc1c(F)cc(Cl)c(F)c1-c1cc(C(=O)O)[nH]n1. The van der Waals surface area contributed by atoms with Gasteiger partial charge in [0, 0.05) is 0 Å². The maximum atomic E-state index is 13.9. The Hall–Kier alpha value is -2.15. The molecule has 0 saturated heterocycles.